The van der Waals surface area contributed by atoms with Crippen LogP contribution in [-0.2, 0) is 0 Å². The van der Waals surface area contributed by atoms with Crippen LogP contribution in [0.5, 0.6) is 0 Å². The molecular formula is C12H20N2S. The van der Waals surface area contributed by atoms with Crippen LogP contribution in [0.15, 0.2) is 11.1 Å². The first kappa shape index (κ1) is 12.4. The summed E-state index contributed by atoms with van der Waals surface area (Å²) in [5, 5.41) is 3.47. The van der Waals surface area contributed by atoms with E-state index in [9.17, 15) is 0 Å². The fourth-order valence-corrected chi connectivity index (χ4v) is 1.95. The Hall–Kier alpha value is -0.670. The van der Waals surface area contributed by atoms with E-state index in [2.05, 4.69) is 44.1 Å². The number of thiazole rings is 1. The van der Waals surface area contributed by atoms with E-state index in [0.717, 1.165) is 12.2 Å². The molecule has 1 N–H and O–H groups in total. The molecule has 0 saturated carbocycles. The molecule has 0 spiro atoms. The molecule has 0 aliphatic heterocycles. The van der Waals surface area contributed by atoms with Crippen LogP contribution in [0.25, 0.3) is 6.08 Å². The van der Waals surface area contributed by atoms with Crippen LogP contribution in [0.3, 0.4) is 0 Å². The number of hydrogen-bond acceptors (Lipinski definition) is 3. The second-order valence-electron chi connectivity index (χ2n) is 4.90. The number of nitrogens with zero attached hydrogens (tertiary/aromatic N) is 1. The van der Waals surface area contributed by atoms with E-state index in [-0.39, 0.29) is 5.54 Å². The lowest BCUT2D eigenvalue weighted by Crippen LogP contribution is -2.36. The fourth-order valence-electron chi connectivity index (χ4n) is 1.13. The van der Waals surface area contributed by atoms with Gasteiger partial charge in [-0.25, -0.2) is 4.98 Å². The van der Waals surface area contributed by atoms with Crippen molar-refractivity contribution in [2.45, 2.75) is 40.2 Å². The molecule has 0 amide bonds. The van der Waals surface area contributed by atoms with Gasteiger partial charge in [0.25, 0.3) is 0 Å². The van der Waals surface area contributed by atoms with Crippen molar-refractivity contribution >= 4 is 17.4 Å². The van der Waals surface area contributed by atoms with Gasteiger partial charge in [-0.2, -0.15) is 0 Å². The number of nitrogens with one attached hydrogen (secondary N) is 1. The zero-order valence-electron chi connectivity index (χ0n) is 10.2. The minimum Gasteiger partial charge on any atom is -0.308 e. The molecule has 1 aromatic heterocycles. The van der Waals surface area contributed by atoms with E-state index in [4.69, 9.17) is 0 Å². The van der Waals surface area contributed by atoms with E-state index in [1.54, 1.807) is 11.3 Å². The molecule has 2 nitrogen and oxygen atoms in total. The van der Waals surface area contributed by atoms with Gasteiger partial charge in [0.15, 0.2) is 0 Å². The average Bonchev–Trinajstić information content (AvgIpc) is 2.47. The summed E-state index contributed by atoms with van der Waals surface area (Å²) in [6, 6.07) is 0. The number of hydrogen-bond donors (Lipinski definition) is 1. The minimum atomic E-state index is 0.178. The molecular weight excluding hydrogens is 204 g/mol. The molecule has 0 aliphatic rings. The summed E-state index contributed by atoms with van der Waals surface area (Å²) in [7, 11) is 0. The van der Waals surface area contributed by atoms with Crippen molar-refractivity contribution in [3.05, 3.63) is 21.7 Å². The average molecular weight is 224 g/mol. The Bertz CT molecular complexity index is 345. The van der Waals surface area contributed by atoms with E-state index >= 15 is 0 Å². The SMILES string of the molecule is CC(=Cc1scnc1C)CNC(C)(C)C. The Morgan fingerprint density at radius 3 is 2.67 bits per heavy atom. The van der Waals surface area contributed by atoms with Crippen molar-refractivity contribution < 1.29 is 0 Å². The summed E-state index contributed by atoms with van der Waals surface area (Å²) in [6.45, 7) is 11.7. The van der Waals surface area contributed by atoms with Gasteiger partial charge in [-0.3, -0.25) is 0 Å². The third kappa shape index (κ3) is 4.58. The summed E-state index contributed by atoms with van der Waals surface area (Å²) in [5.41, 5.74) is 4.54. The van der Waals surface area contributed by atoms with Crippen LogP contribution in [0.4, 0.5) is 0 Å². The van der Waals surface area contributed by atoms with Crippen molar-refractivity contribution in [3.63, 3.8) is 0 Å². The topological polar surface area (TPSA) is 24.9 Å². The maximum absolute atomic E-state index is 4.23. The Morgan fingerprint density at radius 2 is 2.20 bits per heavy atom. The predicted molar refractivity (Wildman–Crippen MR) is 68.3 cm³/mol. The molecule has 3 heteroatoms. The highest BCUT2D eigenvalue weighted by atomic mass is 32.1. The second kappa shape index (κ2) is 4.90. The number of aromatic nitrogens is 1. The largest absolute Gasteiger partial charge is 0.308 e. The summed E-state index contributed by atoms with van der Waals surface area (Å²) < 4.78 is 0. The highest BCUT2D eigenvalue weighted by Gasteiger charge is 2.08. The van der Waals surface area contributed by atoms with Crippen molar-refractivity contribution in [2.24, 2.45) is 0 Å². The first-order valence-electron chi connectivity index (χ1n) is 5.21. The number of rotatable bonds is 3. The molecule has 84 valence electrons. The van der Waals surface area contributed by atoms with Crippen LogP contribution < -0.4 is 5.32 Å². The lowest BCUT2D eigenvalue weighted by Gasteiger charge is -2.20. The molecule has 0 aromatic carbocycles. The predicted octanol–water partition coefficient (Wildman–Crippen LogP) is 3.24. The molecule has 0 unspecified atom stereocenters. The summed E-state index contributed by atoms with van der Waals surface area (Å²) in [4.78, 5) is 5.50. The van der Waals surface area contributed by atoms with Gasteiger partial charge >= 0.3 is 0 Å². The van der Waals surface area contributed by atoms with Gasteiger partial charge in [-0.1, -0.05) is 5.57 Å². The van der Waals surface area contributed by atoms with Crippen molar-refractivity contribution in [3.8, 4) is 0 Å². The van der Waals surface area contributed by atoms with Gasteiger partial charge in [0.05, 0.1) is 11.2 Å². The monoisotopic (exact) mass is 224 g/mol. The maximum Gasteiger partial charge on any atom is 0.0801 e. The normalized spacial score (nSPS) is 13.3. The molecule has 0 fully saturated rings. The molecule has 1 rings (SSSR count). The summed E-state index contributed by atoms with van der Waals surface area (Å²) in [5.74, 6) is 0. The number of aryl methyl sites for hydroxylation is 1. The standard InChI is InChI=1S/C12H20N2S/c1-9(7-14-12(3,4)5)6-11-10(2)13-8-15-11/h6,8,14H,7H2,1-5H3. The smallest absolute Gasteiger partial charge is 0.0801 e. The highest BCUT2D eigenvalue weighted by molar-refractivity contribution is 7.10. The summed E-state index contributed by atoms with van der Waals surface area (Å²) in [6.07, 6.45) is 2.21. The molecule has 1 aromatic rings. The zero-order valence-corrected chi connectivity index (χ0v) is 11.0. The van der Waals surface area contributed by atoms with Gasteiger partial charge in [0.2, 0.25) is 0 Å². The first-order valence-corrected chi connectivity index (χ1v) is 6.09. The second-order valence-corrected chi connectivity index (χ2v) is 5.78. The third-order valence-corrected chi connectivity index (χ3v) is 2.94. The van der Waals surface area contributed by atoms with E-state index in [1.807, 2.05) is 12.4 Å². The van der Waals surface area contributed by atoms with Gasteiger partial charge in [0.1, 0.15) is 0 Å². The third-order valence-electron chi connectivity index (χ3n) is 2.06. The molecule has 0 saturated heterocycles. The molecule has 15 heavy (non-hydrogen) atoms. The van der Waals surface area contributed by atoms with Crippen LogP contribution in [0.2, 0.25) is 0 Å². The summed E-state index contributed by atoms with van der Waals surface area (Å²) >= 11 is 1.70. The van der Waals surface area contributed by atoms with E-state index < -0.39 is 0 Å². The Labute approximate surface area is 96.4 Å². The zero-order chi connectivity index (χ0) is 11.5. The van der Waals surface area contributed by atoms with Crippen molar-refractivity contribution in [2.75, 3.05) is 6.54 Å². The van der Waals surface area contributed by atoms with E-state index in [0.29, 0.717) is 0 Å². The van der Waals surface area contributed by atoms with Crippen LogP contribution >= 0.6 is 11.3 Å². The van der Waals surface area contributed by atoms with Gasteiger partial charge in [-0.05, 0) is 40.7 Å². The Kier molecular flexibility index (Phi) is 4.05. The van der Waals surface area contributed by atoms with Crippen LogP contribution in [-0.4, -0.2) is 17.1 Å². The quantitative estimate of drug-likeness (QED) is 0.852. The molecule has 0 bridgehead atoms. The van der Waals surface area contributed by atoms with Crippen molar-refractivity contribution in [1.29, 1.82) is 0 Å². The van der Waals surface area contributed by atoms with Crippen LogP contribution in [0.1, 0.15) is 38.3 Å². The lowest BCUT2D eigenvalue weighted by atomic mass is 10.1. The van der Waals surface area contributed by atoms with E-state index in [1.165, 1.54) is 10.5 Å². The molecule has 0 aliphatic carbocycles. The first-order chi connectivity index (χ1) is 6.88. The minimum absolute atomic E-state index is 0.178. The maximum atomic E-state index is 4.23. The fraction of sp³-hybridized carbons (Fsp3) is 0.583. The van der Waals surface area contributed by atoms with Gasteiger partial charge in [0, 0.05) is 17.0 Å². The van der Waals surface area contributed by atoms with Crippen molar-refractivity contribution in [1.82, 2.24) is 10.3 Å². The highest BCUT2D eigenvalue weighted by Crippen LogP contribution is 2.16. The lowest BCUT2D eigenvalue weighted by molar-refractivity contribution is 0.445. The molecule has 0 atom stereocenters. The Balaban J connectivity index is 2.58. The van der Waals surface area contributed by atoms with Crippen LogP contribution in [0, 0.1) is 6.92 Å². The van der Waals surface area contributed by atoms with Gasteiger partial charge < -0.3 is 5.32 Å². The Morgan fingerprint density at radius 1 is 1.53 bits per heavy atom. The van der Waals surface area contributed by atoms with Gasteiger partial charge in [-0.15, -0.1) is 11.3 Å². The molecule has 1 heterocycles. The molecule has 0 radical (unpaired) electrons.